The molecule has 1 aliphatic rings. The maximum absolute atomic E-state index is 12.6. The molecular weight excluding hydrogens is 372 g/mol. The summed E-state index contributed by atoms with van der Waals surface area (Å²) in [6.45, 7) is 4.14. The summed E-state index contributed by atoms with van der Waals surface area (Å²) in [6.07, 6.45) is 1.79. The van der Waals surface area contributed by atoms with Crippen molar-refractivity contribution in [2.45, 2.75) is 30.6 Å². The fourth-order valence-corrected chi connectivity index (χ4v) is 4.28. The standard InChI is InChI=1S/C22H24N2O3S/c1-2-26-17-7-9-18(10-8-17)28-15-21(25)24-13-11-16(12-14-24)22-23-19-5-3-4-6-20(19)27-22/h3-10,16H,2,11-15H2,1H3. The van der Waals surface area contributed by atoms with Gasteiger partial charge in [0.15, 0.2) is 11.5 Å². The van der Waals surface area contributed by atoms with Crippen molar-refractivity contribution in [1.82, 2.24) is 9.88 Å². The number of hydrogen-bond acceptors (Lipinski definition) is 5. The van der Waals surface area contributed by atoms with Crippen molar-refractivity contribution in [3.8, 4) is 5.75 Å². The largest absolute Gasteiger partial charge is 0.494 e. The van der Waals surface area contributed by atoms with Crippen LogP contribution in [0, 0.1) is 0 Å². The molecule has 1 saturated heterocycles. The first kappa shape index (κ1) is 18.9. The number of hydrogen-bond donors (Lipinski definition) is 0. The fourth-order valence-electron chi connectivity index (χ4n) is 3.48. The SMILES string of the molecule is CCOc1ccc(SCC(=O)N2CCC(c3nc4ccccc4o3)CC2)cc1. The average Bonchev–Trinajstić information content (AvgIpc) is 3.18. The Labute approximate surface area is 169 Å². The molecule has 28 heavy (non-hydrogen) atoms. The first-order valence-electron chi connectivity index (χ1n) is 9.72. The third kappa shape index (κ3) is 4.33. The summed E-state index contributed by atoms with van der Waals surface area (Å²) in [7, 11) is 0. The quantitative estimate of drug-likeness (QED) is 0.564. The van der Waals surface area contributed by atoms with E-state index < -0.39 is 0 Å². The van der Waals surface area contributed by atoms with Crippen molar-refractivity contribution in [2.24, 2.45) is 0 Å². The van der Waals surface area contributed by atoms with Gasteiger partial charge in [0.05, 0.1) is 12.4 Å². The Balaban J connectivity index is 1.27. The number of ether oxygens (including phenoxy) is 1. The molecule has 146 valence electrons. The van der Waals surface area contributed by atoms with E-state index in [1.807, 2.05) is 60.4 Å². The van der Waals surface area contributed by atoms with Crippen molar-refractivity contribution >= 4 is 28.8 Å². The number of amides is 1. The Morgan fingerprint density at radius 2 is 1.93 bits per heavy atom. The van der Waals surface area contributed by atoms with Crippen molar-refractivity contribution in [3.63, 3.8) is 0 Å². The van der Waals surface area contributed by atoms with E-state index in [-0.39, 0.29) is 11.8 Å². The summed E-state index contributed by atoms with van der Waals surface area (Å²) < 4.78 is 11.4. The first-order chi connectivity index (χ1) is 13.7. The summed E-state index contributed by atoms with van der Waals surface area (Å²) in [6, 6.07) is 15.7. The molecule has 2 heterocycles. The van der Waals surface area contributed by atoms with Gasteiger partial charge in [-0.1, -0.05) is 12.1 Å². The zero-order valence-electron chi connectivity index (χ0n) is 16.0. The van der Waals surface area contributed by atoms with Crippen LogP contribution < -0.4 is 4.74 Å². The van der Waals surface area contributed by atoms with Gasteiger partial charge in [-0.2, -0.15) is 0 Å². The highest BCUT2D eigenvalue weighted by Crippen LogP contribution is 2.30. The van der Waals surface area contributed by atoms with Gasteiger partial charge in [0.25, 0.3) is 0 Å². The normalized spacial score (nSPS) is 15.1. The van der Waals surface area contributed by atoms with Crippen molar-refractivity contribution in [3.05, 3.63) is 54.4 Å². The first-order valence-corrected chi connectivity index (χ1v) is 10.7. The Bertz CT molecular complexity index is 897. The fraction of sp³-hybridized carbons (Fsp3) is 0.364. The highest BCUT2D eigenvalue weighted by atomic mass is 32.2. The highest BCUT2D eigenvalue weighted by molar-refractivity contribution is 8.00. The van der Waals surface area contributed by atoms with Gasteiger partial charge in [0, 0.05) is 23.9 Å². The average molecular weight is 397 g/mol. The van der Waals surface area contributed by atoms with Crippen LogP contribution in [0.1, 0.15) is 31.6 Å². The Hall–Kier alpha value is -2.47. The predicted molar refractivity (Wildman–Crippen MR) is 111 cm³/mol. The second-order valence-electron chi connectivity index (χ2n) is 6.87. The van der Waals surface area contributed by atoms with E-state index in [1.165, 1.54) is 0 Å². The number of aromatic nitrogens is 1. The molecule has 0 spiro atoms. The number of benzene rings is 2. The van der Waals surface area contributed by atoms with Gasteiger partial charge in [0.1, 0.15) is 11.3 Å². The summed E-state index contributed by atoms with van der Waals surface area (Å²) in [5.74, 6) is 2.60. The molecule has 0 unspecified atom stereocenters. The lowest BCUT2D eigenvalue weighted by atomic mass is 9.97. The second-order valence-corrected chi connectivity index (χ2v) is 7.92. The third-order valence-electron chi connectivity index (χ3n) is 5.00. The zero-order chi connectivity index (χ0) is 19.3. The van der Waals surface area contributed by atoms with Crippen LogP contribution in [-0.4, -0.2) is 41.2 Å². The van der Waals surface area contributed by atoms with E-state index in [1.54, 1.807) is 11.8 Å². The summed E-state index contributed by atoms with van der Waals surface area (Å²) in [5.41, 5.74) is 1.74. The number of likely N-dealkylation sites (tertiary alicyclic amines) is 1. The molecule has 0 atom stereocenters. The molecule has 1 aliphatic heterocycles. The van der Waals surface area contributed by atoms with E-state index in [2.05, 4.69) is 4.98 Å². The topological polar surface area (TPSA) is 55.6 Å². The highest BCUT2D eigenvalue weighted by Gasteiger charge is 2.26. The maximum atomic E-state index is 12.6. The lowest BCUT2D eigenvalue weighted by molar-refractivity contribution is -0.129. The summed E-state index contributed by atoms with van der Waals surface area (Å²) >= 11 is 1.57. The van der Waals surface area contributed by atoms with E-state index in [0.717, 1.165) is 53.6 Å². The van der Waals surface area contributed by atoms with Crippen molar-refractivity contribution in [1.29, 1.82) is 0 Å². The van der Waals surface area contributed by atoms with Crippen LogP contribution in [0.5, 0.6) is 5.75 Å². The van der Waals surface area contributed by atoms with E-state index in [0.29, 0.717) is 12.4 Å². The molecule has 2 aromatic carbocycles. The van der Waals surface area contributed by atoms with Crippen LogP contribution in [0.25, 0.3) is 11.1 Å². The number of para-hydroxylation sites is 2. The number of thioether (sulfide) groups is 1. The van der Waals surface area contributed by atoms with E-state index in [4.69, 9.17) is 9.15 Å². The lowest BCUT2D eigenvalue weighted by Gasteiger charge is -2.30. The Morgan fingerprint density at radius 1 is 1.18 bits per heavy atom. The molecule has 1 amide bonds. The minimum atomic E-state index is 0.190. The minimum absolute atomic E-state index is 0.190. The second kappa shape index (κ2) is 8.69. The zero-order valence-corrected chi connectivity index (χ0v) is 16.8. The molecule has 0 radical (unpaired) electrons. The predicted octanol–water partition coefficient (Wildman–Crippen LogP) is 4.72. The number of nitrogens with zero attached hydrogens (tertiary/aromatic N) is 2. The van der Waals surface area contributed by atoms with Crippen molar-refractivity contribution < 1.29 is 13.9 Å². The third-order valence-corrected chi connectivity index (χ3v) is 6.00. The molecular formula is C22H24N2O3S. The number of carbonyl (C=O) groups excluding carboxylic acids is 1. The molecule has 0 bridgehead atoms. The van der Waals surface area contributed by atoms with Crippen LogP contribution in [-0.2, 0) is 4.79 Å². The van der Waals surface area contributed by atoms with E-state index in [9.17, 15) is 4.79 Å². The monoisotopic (exact) mass is 396 g/mol. The Morgan fingerprint density at radius 3 is 2.64 bits per heavy atom. The number of piperidine rings is 1. The molecule has 3 aromatic rings. The molecule has 4 rings (SSSR count). The van der Waals surface area contributed by atoms with Gasteiger partial charge in [0.2, 0.25) is 5.91 Å². The summed E-state index contributed by atoms with van der Waals surface area (Å²) in [4.78, 5) is 20.2. The van der Waals surface area contributed by atoms with Gasteiger partial charge in [-0.3, -0.25) is 4.79 Å². The Kier molecular flexibility index (Phi) is 5.86. The number of fused-ring (bicyclic) bond motifs is 1. The number of rotatable bonds is 6. The number of carbonyl (C=O) groups is 1. The van der Waals surface area contributed by atoms with Crippen LogP contribution in [0.3, 0.4) is 0 Å². The van der Waals surface area contributed by atoms with Crippen LogP contribution in [0.2, 0.25) is 0 Å². The molecule has 6 heteroatoms. The van der Waals surface area contributed by atoms with Gasteiger partial charge in [-0.15, -0.1) is 11.8 Å². The van der Waals surface area contributed by atoms with Gasteiger partial charge in [-0.25, -0.2) is 4.98 Å². The van der Waals surface area contributed by atoms with Crippen LogP contribution in [0.4, 0.5) is 0 Å². The van der Waals surface area contributed by atoms with Crippen LogP contribution >= 0.6 is 11.8 Å². The maximum Gasteiger partial charge on any atom is 0.232 e. The van der Waals surface area contributed by atoms with Gasteiger partial charge >= 0.3 is 0 Å². The van der Waals surface area contributed by atoms with Gasteiger partial charge < -0.3 is 14.1 Å². The smallest absolute Gasteiger partial charge is 0.232 e. The van der Waals surface area contributed by atoms with Crippen molar-refractivity contribution in [2.75, 3.05) is 25.4 Å². The molecule has 5 nitrogen and oxygen atoms in total. The summed E-state index contributed by atoms with van der Waals surface area (Å²) in [5, 5.41) is 0. The van der Waals surface area contributed by atoms with Crippen LogP contribution in [0.15, 0.2) is 57.8 Å². The molecule has 0 saturated carbocycles. The number of oxazole rings is 1. The van der Waals surface area contributed by atoms with E-state index >= 15 is 0 Å². The molecule has 1 fully saturated rings. The van der Waals surface area contributed by atoms with Gasteiger partial charge in [-0.05, 0) is 56.2 Å². The molecule has 1 aromatic heterocycles. The molecule has 0 aliphatic carbocycles. The minimum Gasteiger partial charge on any atom is -0.494 e. The molecule has 0 N–H and O–H groups in total. The lowest BCUT2D eigenvalue weighted by Crippen LogP contribution is -2.39.